The van der Waals surface area contributed by atoms with E-state index in [4.69, 9.17) is 10.1 Å². The topological polar surface area (TPSA) is 50.9 Å². The number of aromatic nitrogens is 2. The first-order chi connectivity index (χ1) is 5.20. The quantitative estimate of drug-likeness (QED) is 0.485. The Morgan fingerprint density at radius 1 is 1.64 bits per heavy atom. The van der Waals surface area contributed by atoms with Crippen LogP contribution in [0.5, 0.6) is 0 Å². The Morgan fingerprint density at radius 3 is 2.82 bits per heavy atom. The molecule has 1 N–H and O–H groups in total. The molecular weight excluding hydrogens is 142 g/mol. The van der Waals surface area contributed by atoms with Gasteiger partial charge in [-0.25, -0.2) is 4.98 Å². The Labute approximate surface area is 65.3 Å². The molecule has 0 saturated carbocycles. The molecule has 0 radical (unpaired) electrons. The van der Waals surface area contributed by atoms with E-state index in [1.165, 1.54) is 10.9 Å². The van der Waals surface area contributed by atoms with E-state index < -0.39 is 0 Å². The molecule has 60 valence electrons. The maximum atomic E-state index is 7.38. The van der Waals surface area contributed by atoms with Gasteiger partial charge in [0.15, 0.2) is 0 Å². The summed E-state index contributed by atoms with van der Waals surface area (Å²) in [6, 6.07) is 0.109. The van der Waals surface area contributed by atoms with Crippen molar-refractivity contribution in [3.05, 3.63) is 18.7 Å². The Kier molecular flexibility index (Phi) is 2.25. The zero-order valence-corrected chi connectivity index (χ0v) is 6.61. The minimum Gasteiger partial charge on any atom is -0.462 e. The first-order valence-corrected chi connectivity index (χ1v) is 3.43. The Morgan fingerprint density at radius 2 is 2.36 bits per heavy atom. The summed E-state index contributed by atoms with van der Waals surface area (Å²) in [5.41, 5.74) is 0. The van der Waals surface area contributed by atoms with Crippen molar-refractivity contribution in [3.8, 4) is 0 Å². The summed E-state index contributed by atoms with van der Waals surface area (Å²) in [5, 5.41) is 7.38. The van der Waals surface area contributed by atoms with Crippen molar-refractivity contribution < 1.29 is 4.74 Å². The first kappa shape index (κ1) is 7.78. The number of ether oxygens (including phenoxy) is 1. The van der Waals surface area contributed by atoms with Crippen LogP contribution in [-0.2, 0) is 4.74 Å². The molecule has 0 aromatic carbocycles. The molecule has 0 aliphatic heterocycles. The normalized spacial score (nSPS) is 10.1. The van der Waals surface area contributed by atoms with Gasteiger partial charge in [0.2, 0.25) is 0 Å². The van der Waals surface area contributed by atoms with E-state index in [-0.39, 0.29) is 12.1 Å². The molecule has 0 unspecified atom stereocenters. The van der Waals surface area contributed by atoms with Gasteiger partial charge in [-0.15, -0.1) is 0 Å². The second-order valence-corrected chi connectivity index (χ2v) is 2.44. The van der Waals surface area contributed by atoms with Gasteiger partial charge in [0.05, 0.1) is 6.10 Å². The van der Waals surface area contributed by atoms with Crippen molar-refractivity contribution in [3.63, 3.8) is 0 Å². The molecule has 11 heavy (non-hydrogen) atoms. The van der Waals surface area contributed by atoms with Gasteiger partial charge in [-0.2, -0.15) is 0 Å². The summed E-state index contributed by atoms with van der Waals surface area (Å²) in [6.45, 7) is 3.76. The number of nitrogens with one attached hydrogen (secondary N) is 1. The van der Waals surface area contributed by atoms with Gasteiger partial charge in [0.25, 0.3) is 6.02 Å². The molecule has 0 atom stereocenters. The summed E-state index contributed by atoms with van der Waals surface area (Å²) in [7, 11) is 0. The summed E-state index contributed by atoms with van der Waals surface area (Å²) >= 11 is 0. The molecule has 1 aromatic heterocycles. The van der Waals surface area contributed by atoms with Crippen molar-refractivity contribution in [1.29, 1.82) is 5.41 Å². The van der Waals surface area contributed by atoms with E-state index in [2.05, 4.69) is 4.98 Å². The molecule has 0 saturated heterocycles. The van der Waals surface area contributed by atoms with Gasteiger partial charge >= 0.3 is 0 Å². The maximum Gasteiger partial charge on any atom is 0.294 e. The van der Waals surface area contributed by atoms with Crippen LogP contribution in [0.15, 0.2) is 18.7 Å². The molecule has 0 aliphatic rings. The predicted octanol–water partition coefficient (Wildman–Crippen LogP) is 1.09. The third kappa shape index (κ3) is 2.07. The zero-order valence-electron chi connectivity index (χ0n) is 6.61. The number of rotatable bonds is 1. The Balaban J connectivity index is 2.57. The SMILES string of the molecule is CC(C)OC(=N)n1ccnc1. The smallest absolute Gasteiger partial charge is 0.294 e. The highest BCUT2D eigenvalue weighted by Crippen LogP contribution is 1.92. The number of imidazole rings is 1. The fraction of sp³-hybridized carbons (Fsp3) is 0.429. The van der Waals surface area contributed by atoms with Crippen molar-refractivity contribution in [2.45, 2.75) is 20.0 Å². The van der Waals surface area contributed by atoms with Crippen LogP contribution in [-0.4, -0.2) is 21.7 Å². The number of nitrogens with zero attached hydrogens (tertiary/aromatic N) is 2. The van der Waals surface area contributed by atoms with Crippen LogP contribution in [0.2, 0.25) is 0 Å². The zero-order chi connectivity index (χ0) is 8.27. The molecule has 0 bridgehead atoms. The fourth-order valence-electron chi connectivity index (χ4n) is 0.663. The molecule has 1 aromatic rings. The second kappa shape index (κ2) is 3.18. The third-order valence-electron chi connectivity index (χ3n) is 1.09. The van der Waals surface area contributed by atoms with E-state index in [9.17, 15) is 0 Å². The van der Waals surface area contributed by atoms with Gasteiger partial charge in [-0.3, -0.25) is 9.98 Å². The lowest BCUT2D eigenvalue weighted by Crippen LogP contribution is -2.17. The third-order valence-corrected chi connectivity index (χ3v) is 1.09. The molecule has 4 nitrogen and oxygen atoms in total. The van der Waals surface area contributed by atoms with E-state index in [0.29, 0.717) is 0 Å². The highest BCUT2D eigenvalue weighted by Gasteiger charge is 2.01. The van der Waals surface area contributed by atoms with Crippen LogP contribution >= 0.6 is 0 Å². The van der Waals surface area contributed by atoms with Gasteiger partial charge < -0.3 is 4.74 Å². The molecule has 0 spiro atoms. The summed E-state index contributed by atoms with van der Waals surface area (Å²) in [5.74, 6) is 0. The first-order valence-electron chi connectivity index (χ1n) is 3.43. The van der Waals surface area contributed by atoms with Crippen LogP contribution < -0.4 is 0 Å². The Hall–Kier alpha value is -1.32. The lowest BCUT2D eigenvalue weighted by molar-refractivity contribution is 0.215. The molecular formula is C7H11N3O. The minimum atomic E-state index is 0.0323. The highest BCUT2D eigenvalue weighted by molar-refractivity contribution is 5.72. The lowest BCUT2D eigenvalue weighted by atomic mass is 10.5. The average molecular weight is 153 g/mol. The van der Waals surface area contributed by atoms with Gasteiger partial charge in [0, 0.05) is 12.4 Å². The van der Waals surface area contributed by atoms with Crippen LogP contribution in [0.3, 0.4) is 0 Å². The summed E-state index contributed by atoms with van der Waals surface area (Å²) in [4.78, 5) is 3.79. The van der Waals surface area contributed by atoms with E-state index >= 15 is 0 Å². The van der Waals surface area contributed by atoms with Gasteiger partial charge in [-0.1, -0.05) is 0 Å². The van der Waals surface area contributed by atoms with Crippen molar-refractivity contribution in [2.24, 2.45) is 0 Å². The second-order valence-electron chi connectivity index (χ2n) is 2.44. The van der Waals surface area contributed by atoms with E-state index in [1.54, 1.807) is 12.4 Å². The minimum absolute atomic E-state index is 0.0323. The highest BCUT2D eigenvalue weighted by atomic mass is 16.5. The molecule has 4 heteroatoms. The van der Waals surface area contributed by atoms with Crippen LogP contribution in [0, 0.1) is 5.41 Å². The molecule has 0 fully saturated rings. The van der Waals surface area contributed by atoms with Crippen LogP contribution in [0.4, 0.5) is 0 Å². The van der Waals surface area contributed by atoms with Gasteiger partial charge in [-0.05, 0) is 13.8 Å². The summed E-state index contributed by atoms with van der Waals surface area (Å²) < 4.78 is 6.61. The largest absolute Gasteiger partial charge is 0.462 e. The molecule has 1 rings (SSSR count). The molecule has 1 heterocycles. The van der Waals surface area contributed by atoms with E-state index in [1.807, 2.05) is 13.8 Å². The van der Waals surface area contributed by atoms with Crippen molar-refractivity contribution in [1.82, 2.24) is 9.55 Å². The van der Waals surface area contributed by atoms with Crippen LogP contribution in [0.1, 0.15) is 13.8 Å². The average Bonchev–Trinajstić information content (AvgIpc) is 2.35. The standard InChI is InChI=1S/C7H11N3O/c1-6(2)11-7(8)10-4-3-9-5-10/h3-6,8H,1-2H3. The number of hydrogen-bond donors (Lipinski definition) is 1. The van der Waals surface area contributed by atoms with E-state index in [0.717, 1.165) is 0 Å². The monoisotopic (exact) mass is 153 g/mol. The van der Waals surface area contributed by atoms with Crippen molar-refractivity contribution in [2.75, 3.05) is 0 Å². The maximum absolute atomic E-state index is 7.38. The molecule has 0 aliphatic carbocycles. The lowest BCUT2D eigenvalue weighted by Gasteiger charge is -2.09. The van der Waals surface area contributed by atoms with Gasteiger partial charge in [0.1, 0.15) is 6.33 Å². The Bertz CT molecular complexity index is 228. The summed E-state index contributed by atoms with van der Waals surface area (Å²) in [6.07, 6.45) is 4.85. The van der Waals surface area contributed by atoms with Crippen molar-refractivity contribution >= 4 is 6.02 Å². The fourth-order valence-corrected chi connectivity index (χ4v) is 0.663. The number of hydrogen-bond acceptors (Lipinski definition) is 3. The molecule has 0 amide bonds. The van der Waals surface area contributed by atoms with Crippen LogP contribution in [0.25, 0.3) is 0 Å². The predicted molar refractivity (Wildman–Crippen MR) is 41.6 cm³/mol.